The predicted octanol–water partition coefficient (Wildman–Crippen LogP) is 2.96. The SMILES string of the molecule is c1ccc(SC[C@@H]2CCCO2)cc1. The van der Waals surface area contributed by atoms with E-state index in [0.29, 0.717) is 6.10 Å². The fraction of sp³-hybridized carbons (Fsp3) is 0.455. The monoisotopic (exact) mass is 194 g/mol. The Labute approximate surface area is 83.5 Å². The van der Waals surface area contributed by atoms with E-state index in [4.69, 9.17) is 4.74 Å². The summed E-state index contributed by atoms with van der Waals surface area (Å²) in [5.41, 5.74) is 0. The molecule has 1 aromatic carbocycles. The minimum Gasteiger partial charge on any atom is -0.377 e. The molecule has 0 unspecified atom stereocenters. The van der Waals surface area contributed by atoms with Crippen LogP contribution >= 0.6 is 11.8 Å². The van der Waals surface area contributed by atoms with Crippen LogP contribution in [0, 0.1) is 0 Å². The third-order valence-electron chi connectivity index (χ3n) is 2.20. The van der Waals surface area contributed by atoms with Gasteiger partial charge in [-0.25, -0.2) is 0 Å². The molecule has 0 aromatic heterocycles. The second-order valence-electron chi connectivity index (χ2n) is 3.26. The van der Waals surface area contributed by atoms with Crippen LogP contribution in [0.3, 0.4) is 0 Å². The molecule has 70 valence electrons. The summed E-state index contributed by atoms with van der Waals surface area (Å²) in [6.07, 6.45) is 2.96. The molecule has 1 atom stereocenters. The van der Waals surface area contributed by atoms with E-state index >= 15 is 0 Å². The molecule has 2 heteroatoms. The van der Waals surface area contributed by atoms with E-state index in [0.717, 1.165) is 12.4 Å². The first-order valence-corrected chi connectivity index (χ1v) is 5.73. The number of thioether (sulfide) groups is 1. The van der Waals surface area contributed by atoms with Gasteiger partial charge in [0.05, 0.1) is 6.10 Å². The number of ether oxygens (including phenoxy) is 1. The van der Waals surface area contributed by atoms with Crippen LogP contribution in [-0.4, -0.2) is 18.5 Å². The third kappa shape index (κ3) is 2.75. The fourth-order valence-corrected chi connectivity index (χ4v) is 2.47. The molecule has 1 heterocycles. The van der Waals surface area contributed by atoms with Gasteiger partial charge in [-0.05, 0) is 25.0 Å². The molecule has 0 bridgehead atoms. The molecule has 1 aliphatic rings. The normalized spacial score (nSPS) is 22.0. The van der Waals surface area contributed by atoms with Crippen LogP contribution in [0.1, 0.15) is 12.8 Å². The highest BCUT2D eigenvalue weighted by Gasteiger charge is 2.14. The van der Waals surface area contributed by atoms with Crippen molar-refractivity contribution in [3.8, 4) is 0 Å². The van der Waals surface area contributed by atoms with E-state index in [2.05, 4.69) is 30.3 Å². The molecule has 13 heavy (non-hydrogen) atoms. The van der Waals surface area contributed by atoms with Crippen molar-refractivity contribution < 1.29 is 4.74 Å². The van der Waals surface area contributed by atoms with E-state index in [1.807, 2.05) is 11.8 Å². The van der Waals surface area contributed by atoms with Gasteiger partial charge >= 0.3 is 0 Å². The molecular weight excluding hydrogens is 180 g/mol. The number of hydrogen-bond acceptors (Lipinski definition) is 2. The smallest absolute Gasteiger partial charge is 0.0669 e. The summed E-state index contributed by atoms with van der Waals surface area (Å²) in [6, 6.07) is 10.5. The van der Waals surface area contributed by atoms with Crippen molar-refractivity contribution in [1.82, 2.24) is 0 Å². The molecule has 0 amide bonds. The molecule has 1 aliphatic heterocycles. The Morgan fingerprint density at radius 1 is 1.31 bits per heavy atom. The van der Waals surface area contributed by atoms with Crippen molar-refractivity contribution in [2.75, 3.05) is 12.4 Å². The second-order valence-corrected chi connectivity index (χ2v) is 4.35. The van der Waals surface area contributed by atoms with Crippen molar-refractivity contribution in [3.05, 3.63) is 30.3 Å². The molecule has 1 aromatic rings. The van der Waals surface area contributed by atoms with Gasteiger partial charge in [0.25, 0.3) is 0 Å². The predicted molar refractivity (Wildman–Crippen MR) is 56.1 cm³/mol. The summed E-state index contributed by atoms with van der Waals surface area (Å²) in [6.45, 7) is 0.958. The van der Waals surface area contributed by atoms with Crippen LogP contribution in [0.4, 0.5) is 0 Å². The van der Waals surface area contributed by atoms with Gasteiger partial charge in [0, 0.05) is 17.3 Å². The highest BCUT2D eigenvalue weighted by molar-refractivity contribution is 7.99. The molecule has 0 N–H and O–H groups in total. The Bertz CT molecular complexity index is 242. The lowest BCUT2D eigenvalue weighted by Gasteiger charge is -2.07. The lowest BCUT2D eigenvalue weighted by molar-refractivity contribution is 0.129. The van der Waals surface area contributed by atoms with Gasteiger partial charge in [-0.15, -0.1) is 11.8 Å². The number of rotatable bonds is 3. The van der Waals surface area contributed by atoms with E-state index in [1.165, 1.54) is 17.7 Å². The fourth-order valence-electron chi connectivity index (χ4n) is 1.48. The Morgan fingerprint density at radius 3 is 2.85 bits per heavy atom. The summed E-state index contributed by atoms with van der Waals surface area (Å²) in [5, 5.41) is 0. The van der Waals surface area contributed by atoms with Crippen LogP contribution < -0.4 is 0 Å². The van der Waals surface area contributed by atoms with Crippen molar-refractivity contribution in [2.45, 2.75) is 23.8 Å². The van der Waals surface area contributed by atoms with Gasteiger partial charge in [-0.2, -0.15) is 0 Å². The summed E-state index contributed by atoms with van der Waals surface area (Å²) >= 11 is 1.89. The van der Waals surface area contributed by atoms with Crippen LogP contribution in [-0.2, 0) is 4.74 Å². The first kappa shape index (κ1) is 9.10. The van der Waals surface area contributed by atoms with Crippen molar-refractivity contribution in [1.29, 1.82) is 0 Å². The van der Waals surface area contributed by atoms with Gasteiger partial charge in [0.1, 0.15) is 0 Å². The Balaban J connectivity index is 1.79. The average molecular weight is 194 g/mol. The molecule has 2 rings (SSSR count). The molecule has 1 nitrogen and oxygen atoms in total. The molecule has 0 spiro atoms. The first-order valence-electron chi connectivity index (χ1n) is 4.74. The van der Waals surface area contributed by atoms with Crippen molar-refractivity contribution in [2.24, 2.45) is 0 Å². The summed E-state index contributed by atoms with van der Waals surface area (Å²) < 4.78 is 5.55. The van der Waals surface area contributed by atoms with Gasteiger partial charge < -0.3 is 4.74 Å². The Kier molecular flexibility index (Phi) is 3.27. The zero-order valence-electron chi connectivity index (χ0n) is 7.61. The maximum Gasteiger partial charge on any atom is 0.0669 e. The largest absolute Gasteiger partial charge is 0.377 e. The molecule has 1 saturated heterocycles. The lowest BCUT2D eigenvalue weighted by Crippen LogP contribution is -2.07. The van der Waals surface area contributed by atoms with E-state index in [9.17, 15) is 0 Å². The zero-order chi connectivity index (χ0) is 8.93. The molecule has 0 saturated carbocycles. The van der Waals surface area contributed by atoms with Gasteiger partial charge in [-0.3, -0.25) is 0 Å². The second kappa shape index (κ2) is 4.68. The Morgan fingerprint density at radius 2 is 2.15 bits per heavy atom. The highest BCUT2D eigenvalue weighted by atomic mass is 32.2. The highest BCUT2D eigenvalue weighted by Crippen LogP contribution is 2.23. The van der Waals surface area contributed by atoms with Crippen LogP contribution in [0.25, 0.3) is 0 Å². The van der Waals surface area contributed by atoms with Gasteiger partial charge in [-0.1, -0.05) is 18.2 Å². The molecule has 1 fully saturated rings. The maximum atomic E-state index is 5.55. The van der Waals surface area contributed by atoms with Crippen molar-refractivity contribution in [3.63, 3.8) is 0 Å². The quantitative estimate of drug-likeness (QED) is 0.684. The average Bonchev–Trinajstić information content (AvgIpc) is 2.69. The first-order chi connectivity index (χ1) is 6.45. The summed E-state index contributed by atoms with van der Waals surface area (Å²) in [5.74, 6) is 1.10. The molecular formula is C11H14OS. The minimum atomic E-state index is 0.491. The van der Waals surface area contributed by atoms with Crippen LogP contribution in [0.2, 0.25) is 0 Å². The Hall–Kier alpha value is -0.470. The summed E-state index contributed by atoms with van der Waals surface area (Å²) in [4.78, 5) is 1.35. The molecule has 0 radical (unpaired) electrons. The standard InChI is InChI=1S/C11H14OS/c1-2-6-11(7-3-1)13-9-10-5-4-8-12-10/h1-3,6-7,10H,4-5,8-9H2/t10-/m0/s1. The lowest BCUT2D eigenvalue weighted by atomic mass is 10.3. The maximum absolute atomic E-state index is 5.55. The van der Waals surface area contributed by atoms with Gasteiger partial charge in [0.2, 0.25) is 0 Å². The van der Waals surface area contributed by atoms with Gasteiger partial charge in [0.15, 0.2) is 0 Å². The summed E-state index contributed by atoms with van der Waals surface area (Å²) in [7, 11) is 0. The van der Waals surface area contributed by atoms with Crippen LogP contribution in [0.5, 0.6) is 0 Å². The third-order valence-corrected chi connectivity index (χ3v) is 3.35. The number of hydrogen-bond donors (Lipinski definition) is 0. The minimum absolute atomic E-state index is 0.491. The van der Waals surface area contributed by atoms with E-state index in [-0.39, 0.29) is 0 Å². The van der Waals surface area contributed by atoms with E-state index in [1.54, 1.807) is 0 Å². The van der Waals surface area contributed by atoms with Crippen molar-refractivity contribution >= 4 is 11.8 Å². The zero-order valence-corrected chi connectivity index (χ0v) is 8.43. The molecule has 0 aliphatic carbocycles. The van der Waals surface area contributed by atoms with Crippen LogP contribution in [0.15, 0.2) is 35.2 Å². The topological polar surface area (TPSA) is 9.23 Å². The number of benzene rings is 1. The van der Waals surface area contributed by atoms with E-state index < -0.39 is 0 Å².